The number of nitrogens with zero attached hydrogens (tertiary/aromatic N) is 3. The van der Waals surface area contributed by atoms with Gasteiger partial charge in [0.2, 0.25) is 0 Å². The van der Waals surface area contributed by atoms with Crippen LogP contribution in [0, 0.1) is 0 Å². The number of nitrogens with one attached hydrogen (secondary N) is 1. The molecule has 3 heterocycles. The van der Waals surface area contributed by atoms with E-state index < -0.39 is 0 Å². The van der Waals surface area contributed by atoms with Gasteiger partial charge in [-0.1, -0.05) is 0 Å². The number of piperazine rings is 1. The van der Waals surface area contributed by atoms with Gasteiger partial charge in [-0.05, 0) is 41.1 Å². The first-order valence-corrected chi connectivity index (χ1v) is 9.93. The van der Waals surface area contributed by atoms with Gasteiger partial charge in [0.1, 0.15) is 0 Å². The summed E-state index contributed by atoms with van der Waals surface area (Å²) in [6.45, 7) is 6.37. The van der Waals surface area contributed by atoms with Crippen molar-refractivity contribution in [3.8, 4) is 0 Å². The van der Waals surface area contributed by atoms with Crippen molar-refractivity contribution in [1.29, 1.82) is 0 Å². The van der Waals surface area contributed by atoms with Gasteiger partial charge in [-0.15, -0.1) is 11.3 Å². The smallest absolute Gasteiger partial charge is 0.289 e. The molecule has 2 aromatic heterocycles. The van der Waals surface area contributed by atoms with Crippen molar-refractivity contribution in [2.45, 2.75) is 13.5 Å². The zero-order chi connectivity index (χ0) is 17.6. The molecule has 1 saturated heterocycles. The van der Waals surface area contributed by atoms with Gasteiger partial charge in [0, 0.05) is 47.5 Å². The molecule has 0 unspecified atom stereocenters. The van der Waals surface area contributed by atoms with E-state index in [1.807, 2.05) is 4.90 Å². The molecule has 0 aliphatic carbocycles. The Morgan fingerprint density at radius 3 is 2.72 bits per heavy atom. The first-order chi connectivity index (χ1) is 12.2. The van der Waals surface area contributed by atoms with Gasteiger partial charge in [-0.2, -0.15) is 0 Å². The van der Waals surface area contributed by atoms with E-state index in [1.54, 1.807) is 23.5 Å². The molecule has 25 heavy (non-hydrogen) atoms. The molecule has 1 N–H and O–H groups in total. The quantitative estimate of drug-likeness (QED) is 0.605. The summed E-state index contributed by atoms with van der Waals surface area (Å²) in [5.74, 6) is 1.25. The summed E-state index contributed by atoms with van der Waals surface area (Å²) in [6.07, 6.45) is 1.53. The third-order valence-corrected chi connectivity index (χ3v) is 5.62. The fraction of sp³-hybridized carbons (Fsp3) is 0.412. The Hall–Kier alpha value is -1.80. The Morgan fingerprint density at radius 1 is 1.36 bits per heavy atom. The number of furan rings is 1. The van der Waals surface area contributed by atoms with Crippen molar-refractivity contribution < 1.29 is 9.21 Å². The molecule has 1 amide bonds. The number of hydrogen-bond donors (Lipinski definition) is 1. The highest BCUT2D eigenvalue weighted by molar-refractivity contribution is 9.10. The zero-order valence-corrected chi connectivity index (χ0v) is 16.5. The first-order valence-electron chi connectivity index (χ1n) is 8.26. The van der Waals surface area contributed by atoms with E-state index in [9.17, 15) is 4.79 Å². The standard InChI is InChI=1S/C17H21BrN4O2S/c1-2-19-17(20-11-14-10-13(18)12-25-14)22-7-5-21(6-8-22)16(23)15-4-3-9-24-15/h3-4,9-10,12H,2,5-8,11H2,1H3,(H,19,20). The van der Waals surface area contributed by atoms with Gasteiger partial charge >= 0.3 is 0 Å². The monoisotopic (exact) mass is 424 g/mol. The molecular weight excluding hydrogens is 404 g/mol. The van der Waals surface area contributed by atoms with Gasteiger partial charge in [0.05, 0.1) is 12.8 Å². The Balaban J connectivity index is 1.59. The second-order valence-electron chi connectivity index (χ2n) is 5.66. The number of halogens is 1. The molecule has 0 bridgehead atoms. The Kier molecular flexibility index (Phi) is 6.14. The van der Waals surface area contributed by atoms with Crippen LogP contribution in [0.25, 0.3) is 0 Å². The fourth-order valence-electron chi connectivity index (χ4n) is 2.69. The molecular formula is C17H21BrN4O2S. The molecule has 0 aromatic carbocycles. The number of amides is 1. The number of hydrogen-bond acceptors (Lipinski definition) is 4. The molecule has 1 aliphatic rings. The average Bonchev–Trinajstić information content (AvgIpc) is 3.30. The van der Waals surface area contributed by atoms with Crippen LogP contribution in [0.3, 0.4) is 0 Å². The van der Waals surface area contributed by atoms with Crippen molar-refractivity contribution >= 4 is 39.1 Å². The van der Waals surface area contributed by atoms with E-state index in [-0.39, 0.29) is 5.91 Å². The van der Waals surface area contributed by atoms with E-state index in [0.29, 0.717) is 25.4 Å². The lowest BCUT2D eigenvalue weighted by Gasteiger charge is -2.36. The summed E-state index contributed by atoms with van der Waals surface area (Å²) in [5.41, 5.74) is 0. The van der Waals surface area contributed by atoms with Gasteiger partial charge in [-0.3, -0.25) is 4.79 Å². The van der Waals surface area contributed by atoms with Gasteiger partial charge in [0.15, 0.2) is 11.7 Å². The average molecular weight is 425 g/mol. The lowest BCUT2D eigenvalue weighted by Crippen LogP contribution is -2.53. The van der Waals surface area contributed by atoms with Crippen LogP contribution in [-0.4, -0.2) is 54.4 Å². The van der Waals surface area contributed by atoms with Crippen molar-refractivity contribution in [3.05, 3.63) is 45.0 Å². The number of guanidine groups is 1. The molecule has 2 aromatic rings. The molecule has 8 heteroatoms. The number of thiophene rings is 1. The van der Waals surface area contributed by atoms with Crippen molar-refractivity contribution in [1.82, 2.24) is 15.1 Å². The van der Waals surface area contributed by atoms with E-state index >= 15 is 0 Å². The largest absolute Gasteiger partial charge is 0.459 e. The first kappa shape index (κ1) is 18.0. The predicted molar refractivity (Wildman–Crippen MR) is 103 cm³/mol. The minimum absolute atomic E-state index is 0.0463. The van der Waals surface area contributed by atoms with Crippen LogP contribution < -0.4 is 5.32 Å². The zero-order valence-electron chi connectivity index (χ0n) is 14.1. The summed E-state index contributed by atoms with van der Waals surface area (Å²) in [6, 6.07) is 5.54. The van der Waals surface area contributed by atoms with E-state index in [0.717, 1.165) is 30.1 Å². The number of carbonyl (C=O) groups is 1. The van der Waals surface area contributed by atoms with E-state index in [1.165, 1.54) is 11.1 Å². The Labute approximate surface area is 159 Å². The second-order valence-corrected chi connectivity index (χ2v) is 7.57. The number of aliphatic imine (C=N–C) groups is 1. The second kappa shape index (κ2) is 8.53. The maximum absolute atomic E-state index is 12.3. The van der Waals surface area contributed by atoms with Crippen LogP contribution >= 0.6 is 27.3 Å². The molecule has 0 radical (unpaired) electrons. The van der Waals surface area contributed by atoms with Crippen molar-refractivity contribution in [2.75, 3.05) is 32.7 Å². The Bertz CT molecular complexity index is 721. The Morgan fingerprint density at radius 2 is 2.12 bits per heavy atom. The molecule has 134 valence electrons. The molecule has 1 aliphatic heterocycles. The summed E-state index contributed by atoms with van der Waals surface area (Å²) in [7, 11) is 0. The molecule has 3 rings (SSSR count). The highest BCUT2D eigenvalue weighted by Crippen LogP contribution is 2.20. The molecule has 0 saturated carbocycles. The topological polar surface area (TPSA) is 61.1 Å². The predicted octanol–water partition coefficient (Wildman–Crippen LogP) is 3.03. The van der Waals surface area contributed by atoms with E-state index in [2.05, 4.69) is 44.5 Å². The molecule has 0 spiro atoms. The third kappa shape index (κ3) is 4.64. The SMILES string of the molecule is CCNC(=NCc1cc(Br)cs1)N1CCN(C(=O)c2ccco2)CC1. The van der Waals surface area contributed by atoms with Crippen LogP contribution in [0.4, 0.5) is 0 Å². The maximum atomic E-state index is 12.3. The van der Waals surface area contributed by atoms with E-state index in [4.69, 9.17) is 9.41 Å². The molecule has 1 fully saturated rings. The fourth-order valence-corrected chi connectivity index (χ4v) is 4.07. The summed E-state index contributed by atoms with van der Waals surface area (Å²) < 4.78 is 6.30. The van der Waals surface area contributed by atoms with Gasteiger partial charge in [0.25, 0.3) is 5.91 Å². The lowest BCUT2D eigenvalue weighted by atomic mass is 10.3. The molecule has 6 nitrogen and oxygen atoms in total. The highest BCUT2D eigenvalue weighted by atomic mass is 79.9. The number of carbonyl (C=O) groups excluding carboxylic acids is 1. The van der Waals surface area contributed by atoms with Gasteiger partial charge in [-0.25, -0.2) is 4.99 Å². The highest BCUT2D eigenvalue weighted by Gasteiger charge is 2.25. The van der Waals surface area contributed by atoms with Crippen molar-refractivity contribution in [2.24, 2.45) is 4.99 Å². The number of rotatable bonds is 4. The summed E-state index contributed by atoms with van der Waals surface area (Å²) in [5, 5.41) is 5.41. The van der Waals surface area contributed by atoms with Crippen LogP contribution in [0.2, 0.25) is 0 Å². The van der Waals surface area contributed by atoms with Crippen molar-refractivity contribution in [3.63, 3.8) is 0 Å². The van der Waals surface area contributed by atoms with Crippen LogP contribution in [0.5, 0.6) is 0 Å². The minimum atomic E-state index is -0.0463. The summed E-state index contributed by atoms with van der Waals surface area (Å²) in [4.78, 5) is 22.3. The van der Waals surface area contributed by atoms with Crippen LogP contribution in [0.15, 0.2) is 43.7 Å². The molecule has 0 atom stereocenters. The van der Waals surface area contributed by atoms with Crippen LogP contribution in [0.1, 0.15) is 22.4 Å². The third-order valence-electron chi connectivity index (χ3n) is 3.94. The normalized spacial score (nSPS) is 15.5. The van der Waals surface area contributed by atoms with Gasteiger partial charge < -0.3 is 19.5 Å². The summed E-state index contributed by atoms with van der Waals surface area (Å²) >= 11 is 5.17. The van der Waals surface area contributed by atoms with Crippen LogP contribution in [-0.2, 0) is 6.54 Å². The lowest BCUT2D eigenvalue weighted by molar-refractivity contribution is 0.0657. The maximum Gasteiger partial charge on any atom is 0.289 e. The minimum Gasteiger partial charge on any atom is -0.459 e.